The van der Waals surface area contributed by atoms with Crippen LogP contribution in [0.4, 0.5) is 11.4 Å². The molecule has 0 bridgehead atoms. The number of nitro groups is 1. The van der Waals surface area contributed by atoms with Gasteiger partial charge in [-0.15, -0.1) is 0 Å². The van der Waals surface area contributed by atoms with E-state index in [1.165, 1.54) is 16.5 Å². The van der Waals surface area contributed by atoms with E-state index in [0.29, 0.717) is 5.92 Å². The van der Waals surface area contributed by atoms with E-state index >= 15 is 0 Å². The zero-order valence-corrected chi connectivity index (χ0v) is 15.6. The Kier molecular flexibility index (Phi) is 6.19. The highest BCUT2D eigenvalue weighted by Crippen LogP contribution is 2.23. The smallest absolute Gasteiger partial charge is 0.292 e. The minimum Gasteiger partial charge on any atom is -0.325 e. The van der Waals surface area contributed by atoms with Gasteiger partial charge in [-0.2, -0.15) is 0 Å². The number of benzene rings is 2. The van der Waals surface area contributed by atoms with Crippen molar-refractivity contribution in [3.05, 3.63) is 70.3 Å². The third-order valence-electron chi connectivity index (χ3n) is 5.48. The van der Waals surface area contributed by atoms with Gasteiger partial charge in [0.25, 0.3) is 11.6 Å². The first-order chi connectivity index (χ1) is 13.0. The molecular formula is C21H26N3O3+. The van der Waals surface area contributed by atoms with Crippen molar-refractivity contribution >= 4 is 17.3 Å². The second kappa shape index (κ2) is 8.77. The van der Waals surface area contributed by atoms with E-state index in [2.05, 4.69) is 29.6 Å². The average molecular weight is 368 g/mol. The summed E-state index contributed by atoms with van der Waals surface area (Å²) >= 11 is 0. The number of hydrogen-bond donors (Lipinski definition) is 2. The van der Waals surface area contributed by atoms with Crippen LogP contribution in [0.3, 0.4) is 0 Å². The Hall–Kier alpha value is -2.73. The summed E-state index contributed by atoms with van der Waals surface area (Å²) in [5, 5.41) is 13.8. The van der Waals surface area contributed by atoms with Crippen molar-refractivity contribution in [3.8, 4) is 0 Å². The lowest BCUT2D eigenvalue weighted by molar-refractivity contribution is -0.919. The highest BCUT2D eigenvalue weighted by Gasteiger charge is 2.31. The van der Waals surface area contributed by atoms with E-state index in [1.54, 1.807) is 18.2 Å². The zero-order valence-electron chi connectivity index (χ0n) is 15.6. The Bertz CT molecular complexity index is 786. The number of nitrogens with zero attached hydrogens (tertiary/aromatic N) is 1. The van der Waals surface area contributed by atoms with Gasteiger partial charge < -0.3 is 10.2 Å². The Balaban J connectivity index is 1.54. The van der Waals surface area contributed by atoms with Gasteiger partial charge in [-0.3, -0.25) is 14.9 Å². The van der Waals surface area contributed by atoms with E-state index in [0.717, 1.165) is 32.4 Å². The number of carbonyl (C=O) groups is 1. The van der Waals surface area contributed by atoms with Gasteiger partial charge in [0.15, 0.2) is 6.04 Å². The van der Waals surface area contributed by atoms with Gasteiger partial charge >= 0.3 is 0 Å². The normalized spacial score (nSPS) is 20.6. The van der Waals surface area contributed by atoms with Crippen LogP contribution < -0.4 is 10.2 Å². The maximum Gasteiger partial charge on any atom is 0.292 e. The van der Waals surface area contributed by atoms with E-state index in [4.69, 9.17) is 0 Å². The lowest BCUT2D eigenvalue weighted by Gasteiger charge is -2.32. The number of anilines is 1. The largest absolute Gasteiger partial charge is 0.325 e. The van der Waals surface area contributed by atoms with Gasteiger partial charge in [-0.05, 0) is 43.7 Å². The number of likely N-dealkylation sites (tertiary alicyclic amines) is 1. The topological polar surface area (TPSA) is 76.7 Å². The molecule has 1 aliphatic heterocycles. The van der Waals surface area contributed by atoms with Gasteiger partial charge in [-0.1, -0.05) is 42.5 Å². The number of carbonyl (C=O) groups excluding carboxylic acids is 1. The van der Waals surface area contributed by atoms with Crippen LogP contribution in [0.15, 0.2) is 54.6 Å². The second-order valence-electron chi connectivity index (χ2n) is 7.28. The van der Waals surface area contributed by atoms with Crippen molar-refractivity contribution in [2.24, 2.45) is 5.92 Å². The van der Waals surface area contributed by atoms with E-state index in [1.807, 2.05) is 13.0 Å². The first kappa shape index (κ1) is 19.0. The molecule has 0 aliphatic carbocycles. The summed E-state index contributed by atoms with van der Waals surface area (Å²) in [5.41, 5.74) is 1.56. The van der Waals surface area contributed by atoms with Crippen LogP contribution in [-0.4, -0.2) is 30.0 Å². The molecule has 3 rings (SSSR count). The minimum absolute atomic E-state index is 0.0744. The Morgan fingerprint density at radius 2 is 1.78 bits per heavy atom. The fraction of sp³-hybridized carbons (Fsp3) is 0.381. The minimum atomic E-state index is -0.470. The average Bonchev–Trinajstić information content (AvgIpc) is 2.69. The predicted octanol–water partition coefficient (Wildman–Crippen LogP) is 2.46. The summed E-state index contributed by atoms with van der Waals surface area (Å²) < 4.78 is 0. The predicted molar refractivity (Wildman–Crippen MR) is 105 cm³/mol. The fourth-order valence-electron chi connectivity index (χ4n) is 3.80. The summed E-state index contributed by atoms with van der Waals surface area (Å²) in [6, 6.07) is 16.6. The van der Waals surface area contributed by atoms with Crippen LogP contribution in [0.2, 0.25) is 0 Å². The van der Waals surface area contributed by atoms with Crippen molar-refractivity contribution in [2.45, 2.75) is 32.2 Å². The molecule has 1 amide bonds. The number of para-hydroxylation sites is 2. The Morgan fingerprint density at radius 3 is 2.44 bits per heavy atom. The molecule has 2 aromatic rings. The summed E-state index contributed by atoms with van der Waals surface area (Å²) in [6.07, 6.45) is 3.27. The van der Waals surface area contributed by atoms with Crippen LogP contribution in [-0.2, 0) is 11.2 Å². The molecule has 6 nitrogen and oxygen atoms in total. The molecule has 0 spiro atoms. The molecule has 1 heterocycles. The van der Waals surface area contributed by atoms with Crippen LogP contribution in [0.5, 0.6) is 0 Å². The van der Waals surface area contributed by atoms with Gasteiger partial charge in [0, 0.05) is 6.07 Å². The summed E-state index contributed by atoms with van der Waals surface area (Å²) in [5.74, 6) is 0.488. The SMILES string of the molecule is C[C@@H](C(=O)Nc1ccccc1[N+](=O)[O-])[NH+]1CCC(Cc2ccccc2)CC1. The monoisotopic (exact) mass is 368 g/mol. The molecule has 27 heavy (non-hydrogen) atoms. The molecule has 0 aromatic heterocycles. The molecule has 1 fully saturated rings. The number of quaternary nitrogens is 1. The van der Waals surface area contributed by atoms with E-state index in [9.17, 15) is 14.9 Å². The lowest BCUT2D eigenvalue weighted by atomic mass is 9.89. The number of amides is 1. The maximum atomic E-state index is 12.6. The van der Waals surface area contributed by atoms with Crippen LogP contribution >= 0.6 is 0 Å². The summed E-state index contributed by atoms with van der Waals surface area (Å²) in [7, 11) is 0. The van der Waals surface area contributed by atoms with Crippen molar-refractivity contribution in [1.29, 1.82) is 0 Å². The summed E-state index contributed by atoms with van der Waals surface area (Å²) in [4.78, 5) is 24.5. The van der Waals surface area contributed by atoms with Gasteiger partial charge in [0.1, 0.15) is 5.69 Å². The molecule has 1 saturated heterocycles. The third kappa shape index (κ3) is 4.92. The standard InChI is InChI=1S/C21H25N3O3/c1-16(21(25)22-19-9-5-6-10-20(19)24(26)27)23-13-11-18(12-14-23)15-17-7-3-2-4-8-17/h2-10,16,18H,11-15H2,1H3,(H,22,25)/p+1/t16-/m0/s1. The molecule has 6 heteroatoms. The van der Waals surface area contributed by atoms with E-state index < -0.39 is 4.92 Å². The second-order valence-corrected chi connectivity index (χ2v) is 7.28. The number of nitrogens with one attached hydrogen (secondary N) is 2. The number of hydrogen-bond acceptors (Lipinski definition) is 3. The lowest BCUT2D eigenvalue weighted by Crippen LogP contribution is -3.17. The maximum absolute atomic E-state index is 12.6. The summed E-state index contributed by atoms with van der Waals surface area (Å²) in [6.45, 7) is 3.79. The number of rotatable bonds is 6. The van der Waals surface area contributed by atoms with Crippen molar-refractivity contribution < 1.29 is 14.6 Å². The molecule has 2 N–H and O–H groups in total. The van der Waals surface area contributed by atoms with Crippen LogP contribution in [0.25, 0.3) is 0 Å². The van der Waals surface area contributed by atoms with Gasteiger partial charge in [-0.25, -0.2) is 0 Å². The zero-order chi connectivity index (χ0) is 19.2. The fourth-order valence-corrected chi connectivity index (χ4v) is 3.80. The van der Waals surface area contributed by atoms with Gasteiger partial charge in [0.2, 0.25) is 0 Å². The first-order valence-electron chi connectivity index (χ1n) is 9.47. The number of nitro benzene ring substituents is 1. The highest BCUT2D eigenvalue weighted by atomic mass is 16.6. The number of piperidine rings is 1. The molecule has 0 radical (unpaired) electrons. The van der Waals surface area contributed by atoms with Crippen molar-refractivity contribution in [2.75, 3.05) is 18.4 Å². The van der Waals surface area contributed by atoms with E-state index in [-0.39, 0.29) is 23.3 Å². The van der Waals surface area contributed by atoms with Crippen molar-refractivity contribution in [1.82, 2.24) is 0 Å². The quantitative estimate of drug-likeness (QED) is 0.607. The molecule has 0 saturated carbocycles. The highest BCUT2D eigenvalue weighted by molar-refractivity contribution is 5.95. The Morgan fingerprint density at radius 1 is 1.15 bits per heavy atom. The van der Waals surface area contributed by atoms with Crippen LogP contribution in [0, 0.1) is 16.0 Å². The molecule has 142 valence electrons. The molecule has 2 aromatic carbocycles. The van der Waals surface area contributed by atoms with Gasteiger partial charge in [0.05, 0.1) is 18.0 Å². The molecular weight excluding hydrogens is 342 g/mol. The molecule has 1 atom stereocenters. The molecule has 1 aliphatic rings. The van der Waals surface area contributed by atoms with Crippen LogP contribution in [0.1, 0.15) is 25.3 Å². The first-order valence-corrected chi connectivity index (χ1v) is 9.47. The Labute approximate surface area is 159 Å². The van der Waals surface area contributed by atoms with Crippen molar-refractivity contribution in [3.63, 3.8) is 0 Å². The third-order valence-corrected chi connectivity index (χ3v) is 5.48. The molecule has 0 unspecified atom stereocenters.